The van der Waals surface area contributed by atoms with Gasteiger partial charge in [-0.25, -0.2) is 0 Å². The summed E-state index contributed by atoms with van der Waals surface area (Å²) < 4.78 is 52.0. The van der Waals surface area contributed by atoms with E-state index in [2.05, 4.69) is 0 Å². The lowest BCUT2D eigenvalue weighted by Gasteiger charge is -2.42. The lowest BCUT2D eigenvalue weighted by atomic mass is 9.72. The Bertz CT molecular complexity index is 1850. The highest BCUT2D eigenvalue weighted by molar-refractivity contribution is 6.34. The van der Waals surface area contributed by atoms with Crippen molar-refractivity contribution in [2.75, 3.05) is 0 Å². The van der Waals surface area contributed by atoms with Crippen molar-refractivity contribution in [1.29, 1.82) is 0 Å². The number of phenols is 2. The van der Waals surface area contributed by atoms with Crippen molar-refractivity contribution in [3.63, 3.8) is 0 Å². The molecule has 0 unspecified atom stereocenters. The van der Waals surface area contributed by atoms with Gasteiger partial charge >= 0.3 is 12.1 Å². The third kappa shape index (κ3) is 4.68. The third-order valence-electron chi connectivity index (χ3n) is 9.16. The van der Waals surface area contributed by atoms with Crippen LogP contribution in [0.2, 0.25) is 0 Å². The molecular weight excluding hydrogens is 617 g/mol. The van der Waals surface area contributed by atoms with Gasteiger partial charge in [0.25, 0.3) is 0 Å². The normalized spacial score (nSPS) is 27.6. The fourth-order valence-corrected chi connectivity index (χ4v) is 6.77. The standard InChI is InChI=1S/C31H29F3N2O10/c1-11-24(38)15(35-29(43)31(32,33)34)8-18(45-11)46-17-10-30(44,12(2)37)9-14-19(17)26(40)22-21(25(14)39)28(42)23-20(27(22)41)13-6-4-5-7-16(13)36(23)3/h4-7,11,15,17-18,24,38-40,44H,8-10H2,1-3H3,(H,35,43)/t11-,15-,17-,18-,24+,30-/m0/s1. The lowest BCUT2D eigenvalue weighted by Crippen LogP contribution is -2.57. The van der Waals surface area contributed by atoms with E-state index < -0.39 is 108 Å². The first-order chi connectivity index (χ1) is 21.5. The van der Waals surface area contributed by atoms with Crippen LogP contribution in [-0.2, 0) is 32.5 Å². The van der Waals surface area contributed by atoms with Gasteiger partial charge in [-0.2, -0.15) is 13.2 Å². The minimum absolute atomic E-state index is 0.000410. The summed E-state index contributed by atoms with van der Waals surface area (Å²) in [5.74, 6) is -6.12. The highest BCUT2D eigenvalue weighted by atomic mass is 19.4. The monoisotopic (exact) mass is 646 g/mol. The number of aliphatic hydroxyl groups is 2. The van der Waals surface area contributed by atoms with Gasteiger partial charge in [0.15, 0.2) is 12.1 Å². The van der Waals surface area contributed by atoms with Crippen LogP contribution in [0.1, 0.15) is 75.9 Å². The molecule has 0 spiro atoms. The molecule has 0 radical (unpaired) electrons. The molecule has 1 aromatic heterocycles. The second kappa shape index (κ2) is 10.6. The number of aryl methyl sites for hydroxylation is 1. The van der Waals surface area contributed by atoms with Gasteiger partial charge in [0.1, 0.15) is 28.9 Å². The number of Topliss-reactive ketones (excluding diaryl/α,β-unsaturated/α-hetero) is 1. The van der Waals surface area contributed by atoms with Gasteiger partial charge < -0.3 is 39.8 Å². The number of ether oxygens (including phenoxy) is 2. The van der Waals surface area contributed by atoms with E-state index in [1.165, 1.54) is 11.5 Å². The van der Waals surface area contributed by atoms with Gasteiger partial charge in [0.2, 0.25) is 11.6 Å². The number of benzene rings is 2. The van der Waals surface area contributed by atoms with E-state index in [-0.39, 0.29) is 22.4 Å². The van der Waals surface area contributed by atoms with Crippen molar-refractivity contribution in [3.05, 3.63) is 57.8 Å². The molecule has 5 N–H and O–H groups in total. The number of aromatic hydroxyl groups is 2. The number of phenolic OH excluding ortho intramolecular Hbond substituents is 2. The Kier molecular flexibility index (Phi) is 7.31. The van der Waals surface area contributed by atoms with E-state index >= 15 is 0 Å². The van der Waals surface area contributed by atoms with Crippen LogP contribution < -0.4 is 5.32 Å². The number of alkyl halides is 3. The first kappa shape index (κ1) is 31.7. The number of hydrogen-bond acceptors (Lipinski definition) is 10. The van der Waals surface area contributed by atoms with Crippen molar-refractivity contribution >= 4 is 34.2 Å². The molecule has 1 amide bonds. The summed E-state index contributed by atoms with van der Waals surface area (Å²) in [7, 11) is 1.57. The van der Waals surface area contributed by atoms with Gasteiger partial charge in [0, 0.05) is 48.3 Å². The molecule has 6 rings (SSSR count). The number of ketones is 3. The predicted octanol–water partition coefficient (Wildman–Crippen LogP) is 2.23. The molecule has 0 bridgehead atoms. The molecule has 3 aromatic rings. The molecule has 3 aliphatic rings. The number of fused-ring (bicyclic) bond motifs is 5. The Labute approximate surface area is 258 Å². The second-order valence-corrected chi connectivity index (χ2v) is 12.0. The SMILES string of the molecule is CC(=O)[C@]1(O)Cc2c(O)c3c(c(O)c2[C@@H](O[C@H]2C[C@H](NC(=O)C(F)(F)F)[C@H](O)[C@H](C)O2)C1)C(=O)c1c(n(C)c2ccccc12)C3=O. The summed E-state index contributed by atoms with van der Waals surface area (Å²) in [5, 5.41) is 47.1. The number of aliphatic hydroxyl groups excluding tert-OH is 1. The molecule has 2 aromatic carbocycles. The topological polar surface area (TPSA) is 185 Å². The number of nitrogens with one attached hydrogen (secondary N) is 1. The molecule has 0 saturated carbocycles. The first-order valence-electron chi connectivity index (χ1n) is 14.3. The molecule has 1 aliphatic heterocycles. The van der Waals surface area contributed by atoms with Crippen LogP contribution >= 0.6 is 0 Å². The predicted molar refractivity (Wildman–Crippen MR) is 150 cm³/mol. The zero-order chi connectivity index (χ0) is 33.6. The molecule has 6 atom stereocenters. The number of carbonyl (C=O) groups is 4. The van der Waals surface area contributed by atoms with Crippen LogP contribution in [0.3, 0.4) is 0 Å². The summed E-state index contributed by atoms with van der Waals surface area (Å²) in [6.07, 6.45) is -12.6. The quantitative estimate of drug-likeness (QED) is 0.206. The Hall–Kier alpha value is -4.31. The minimum Gasteiger partial charge on any atom is -0.507 e. The maximum atomic E-state index is 14.0. The van der Waals surface area contributed by atoms with E-state index in [1.807, 2.05) is 0 Å². The van der Waals surface area contributed by atoms with E-state index in [9.17, 15) is 52.8 Å². The maximum Gasteiger partial charge on any atom is 0.471 e. The summed E-state index contributed by atoms with van der Waals surface area (Å²) in [6.45, 7) is 2.39. The number of carbonyl (C=O) groups excluding carboxylic acids is 4. The molecule has 2 aliphatic carbocycles. The maximum absolute atomic E-state index is 14.0. The van der Waals surface area contributed by atoms with Crippen molar-refractivity contribution in [3.8, 4) is 11.5 Å². The average Bonchev–Trinajstić information content (AvgIpc) is 3.28. The summed E-state index contributed by atoms with van der Waals surface area (Å²) in [6, 6.07) is 5.20. The number of halogens is 3. The fourth-order valence-electron chi connectivity index (χ4n) is 6.77. The highest BCUT2D eigenvalue weighted by Gasteiger charge is 2.50. The summed E-state index contributed by atoms with van der Waals surface area (Å²) in [5.41, 5.74) is -3.22. The highest BCUT2D eigenvalue weighted by Crippen LogP contribution is 2.52. The van der Waals surface area contributed by atoms with Gasteiger partial charge in [-0.05, 0) is 19.9 Å². The molecule has 46 heavy (non-hydrogen) atoms. The van der Waals surface area contributed by atoms with E-state index in [4.69, 9.17) is 9.47 Å². The zero-order valence-corrected chi connectivity index (χ0v) is 24.6. The molecule has 244 valence electrons. The molecule has 15 heteroatoms. The smallest absolute Gasteiger partial charge is 0.471 e. The van der Waals surface area contributed by atoms with Crippen molar-refractivity contribution in [2.24, 2.45) is 7.05 Å². The molecule has 1 fully saturated rings. The van der Waals surface area contributed by atoms with Gasteiger partial charge in [-0.3, -0.25) is 19.2 Å². The number of hydrogen-bond donors (Lipinski definition) is 5. The van der Waals surface area contributed by atoms with Crippen LogP contribution in [0.15, 0.2) is 24.3 Å². The Balaban J connectivity index is 1.46. The number of rotatable bonds is 4. The Morgan fingerprint density at radius 2 is 1.74 bits per heavy atom. The van der Waals surface area contributed by atoms with Crippen LogP contribution in [0.4, 0.5) is 13.2 Å². The second-order valence-electron chi connectivity index (χ2n) is 12.0. The number of nitrogens with zero attached hydrogens (tertiary/aromatic N) is 1. The average molecular weight is 647 g/mol. The Morgan fingerprint density at radius 3 is 2.39 bits per heavy atom. The molecule has 2 heterocycles. The van der Waals surface area contributed by atoms with Crippen LogP contribution in [0, 0.1) is 0 Å². The third-order valence-corrected chi connectivity index (χ3v) is 9.16. The van der Waals surface area contributed by atoms with Crippen molar-refractivity contribution in [2.45, 2.75) is 75.5 Å². The molecule has 12 nitrogen and oxygen atoms in total. The first-order valence-corrected chi connectivity index (χ1v) is 14.3. The fraction of sp³-hybridized carbons (Fsp3) is 0.419. The van der Waals surface area contributed by atoms with Crippen molar-refractivity contribution < 1.29 is 62.2 Å². The lowest BCUT2D eigenvalue weighted by molar-refractivity contribution is -0.250. The molecular formula is C31H29F3N2O10. The van der Waals surface area contributed by atoms with Crippen molar-refractivity contribution in [1.82, 2.24) is 9.88 Å². The largest absolute Gasteiger partial charge is 0.507 e. The summed E-state index contributed by atoms with van der Waals surface area (Å²) in [4.78, 5) is 52.2. The number of aromatic nitrogens is 1. The number of para-hydroxylation sites is 1. The Morgan fingerprint density at radius 1 is 1.09 bits per heavy atom. The van der Waals surface area contributed by atoms with Crippen LogP contribution in [0.25, 0.3) is 10.9 Å². The van der Waals surface area contributed by atoms with Gasteiger partial charge in [-0.15, -0.1) is 0 Å². The minimum atomic E-state index is -5.24. The molecule has 1 saturated heterocycles. The van der Waals surface area contributed by atoms with E-state index in [0.29, 0.717) is 10.9 Å². The van der Waals surface area contributed by atoms with E-state index in [0.717, 1.165) is 6.92 Å². The van der Waals surface area contributed by atoms with Crippen LogP contribution in [-0.4, -0.2) is 84.6 Å². The van der Waals surface area contributed by atoms with E-state index in [1.54, 1.807) is 36.6 Å². The summed E-state index contributed by atoms with van der Waals surface area (Å²) >= 11 is 0. The van der Waals surface area contributed by atoms with Gasteiger partial charge in [0.05, 0.1) is 34.9 Å². The zero-order valence-electron chi connectivity index (χ0n) is 24.6. The van der Waals surface area contributed by atoms with Gasteiger partial charge in [-0.1, -0.05) is 18.2 Å². The number of amides is 1. The van der Waals surface area contributed by atoms with Crippen LogP contribution in [0.5, 0.6) is 11.5 Å².